The molecule has 0 atom stereocenters. The molecule has 0 aliphatic heterocycles. The number of aromatic nitrogens is 4. The Morgan fingerprint density at radius 3 is 2.86 bits per heavy atom. The molecule has 0 saturated heterocycles. The summed E-state index contributed by atoms with van der Waals surface area (Å²) in [6, 6.07) is 4.64. The minimum atomic E-state index is -1.01. The number of tetrazole rings is 1. The van der Waals surface area contributed by atoms with E-state index in [0.717, 1.165) is 5.56 Å². The Morgan fingerprint density at radius 2 is 2.23 bits per heavy atom. The zero-order valence-corrected chi connectivity index (χ0v) is 11.9. The quantitative estimate of drug-likeness (QED) is 0.723. The molecule has 1 aromatic carbocycles. The van der Waals surface area contributed by atoms with Crippen LogP contribution in [0.4, 0.5) is 0 Å². The Morgan fingerprint density at radius 1 is 1.41 bits per heavy atom. The predicted octanol–water partition coefficient (Wildman–Crippen LogP) is -0.261. The van der Waals surface area contributed by atoms with E-state index in [1.54, 1.807) is 6.07 Å². The molecule has 2 aromatic rings. The summed E-state index contributed by atoms with van der Waals surface area (Å²) in [7, 11) is 1.47. The first-order valence-electron chi connectivity index (χ1n) is 6.48. The zero-order valence-electron chi connectivity index (χ0n) is 11.9. The number of amides is 1. The van der Waals surface area contributed by atoms with Crippen LogP contribution in [0.5, 0.6) is 5.75 Å². The van der Waals surface area contributed by atoms with Crippen LogP contribution in [0.1, 0.15) is 15.9 Å². The lowest BCUT2D eigenvalue weighted by Gasteiger charge is -2.10. The number of rotatable bonds is 7. The smallest absolute Gasteiger partial charge is 0.335 e. The van der Waals surface area contributed by atoms with E-state index in [-0.39, 0.29) is 18.0 Å². The highest BCUT2D eigenvalue weighted by molar-refractivity contribution is 5.88. The van der Waals surface area contributed by atoms with E-state index < -0.39 is 5.97 Å². The third-order valence-electron chi connectivity index (χ3n) is 2.95. The fraction of sp³-hybridized carbons (Fsp3) is 0.308. The van der Waals surface area contributed by atoms with Crippen molar-refractivity contribution in [3.63, 3.8) is 0 Å². The number of hydrogen-bond donors (Lipinski definition) is 2. The van der Waals surface area contributed by atoms with Crippen molar-refractivity contribution >= 4 is 11.9 Å². The molecule has 2 rings (SSSR count). The average Bonchev–Trinajstić information content (AvgIpc) is 3.00. The summed E-state index contributed by atoms with van der Waals surface area (Å²) in [5, 5.41) is 22.1. The monoisotopic (exact) mass is 305 g/mol. The third kappa shape index (κ3) is 4.01. The third-order valence-corrected chi connectivity index (χ3v) is 2.95. The Labute approximate surface area is 125 Å². The molecular weight excluding hydrogens is 290 g/mol. The summed E-state index contributed by atoms with van der Waals surface area (Å²) < 4.78 is 6.49. The molecule has 0 spiro atoms. The first-order chi connectivity index (χ1) is 10.6. The molecule has 0 bridgehead atoms. The van der Waals surface area contributed by atoms with Crippen molar-refractivity contribution < 1.29 is 19.4 Å². The maximum atomic E-state index is 11.7. The Balaban J connectivity index is 1.88. The minimum Gasteiger partial charge on any atom is -0.496 e. The van der Waals surface area contributed by atoms with Crippen molar-refractivity contribution in [1.29, 1.82) is 0 Å². The molecular formula is C13H15N5O4. The SMILES string of the molecule is COc1cc(C(=O)O)ccc1CCNC(=O)Cn1cnnn1. The average molecular weight is 305 g/mol. The number of carbonyl (C=O) groups is 2. The van der Waals surface area contributed by atoms with Crippen LogP contribution in [0.3, 0.4) is 0 Å². The second kappa shape index (κ2) is 7.16. The van der Waals surface area contributed by atoms with Crippen molar-refractivity contribution in [2.75, 3.05) is 13.7 Å². The first kappa shape index (κ1) is 15.4. The molecule has 0 fully saturated rings. The van der Waals surface area contributed by atoms with Gasteiger partial charge in [0.15, 0.2) is 0 Å². The Bertz CT molecular complexity index is 656. The van der Waals surface area contributed by atoms with E-state index in [1.165, 1.54) is 30.3 Å². The van der Waals surface area contributed by atoms with Crippen molar-refractivity contribution in [1.82, 2.24) is 25.5 Å². The summed E-state index contributed by atoms with van der Waals surface area (Å²) in [5.41, 5.74) is 0.971. The number of carbonyl (C=O) groups excluding carboxylic acids is 1. The highest BCUT2D eigenvalue weighted by Crippen LogP contribution is 2.20. The van der Waals surface area contributed by atoms with E-state index in [0.29, 0.717) is 18.7 Å². The van der Waals surface area contributed by atoms with Gasteiger partial charge in [0, 0.05) is 6.54 Å². The summed E-state index contributed by atoms with van der Waals surface area (Å²) >= 11 is 0. The molecule has 1 amide bonds. The van der Waals surface area contributed by atoms with Crippen LogP contribution in [0, 0.1) is 0 Å². The molecule has 116 valence electrons. The molecule has 9 nitrogen and oxygen atoms in total. The molecule has 1 heterocycles. The van der Waals surface area contributed by atoms with Gasteiger partial charge in [-0.25, -0.2) is 9.48 Å². The molecule has 0 radical (unpaired) electrons. The molecule has 0 saturated carbocycles. The summed E-state index contributed by atoms with van der Waals surface area (Å²) in [5.74, 6) is -0.748. The van der Waals surface area contributed by atoms with Gasteiger partial charge in [0.2, 0.25) is 5.91 Å². The van der Waals surface area contributed by atoms with Gasteiger partial charge in [-0.2, -0.15) is 0 Å². The molecule has 0 unspecified atom stereocenters. The van der Waals surface area contributed by atoms with E-state index >= 15 is 0 Å². The number of ether oxygens (including phenoxy) is 1. The van der Waals surface area contributed by atoms with Crippen molar-refractivity contribution in [3.8, 4) is 5.75 Å². The fourth-order valence-corrected chi connectivity index (χ4v) is 1.88. The van der Waals surface area contributed by atoms with E-state index in [9.17, 15) is 9.59 Å². The predicted molar refractivity (Wildman–Crippen MR) is 74.5 cm³/mol. The summed E-state index contributed by atoms with van der Waals surface area (Å²) in [6.07, 6.45) is 1.87. The topological polar surface area (TPSA) is 119 Å². The highest BCUT2D eigenvalue weighted by atomic mass is 16.5. The van der Waals surface area contributed by atoms with E-state index in [4.69, 9.17) is 9.84 Å². The summed E-state index contributed by atoms with van der Waals surface area (Å²) in [4.78, 5) is 22.6. The minimum absolute atomic E-state index is 0.0437. The van der Waals surface area contributed by atoms with Crippen LogP contribution in [-0.4, -0.2) is 50.8 Å². The lowest BCUT2D eigenvalue weighted by Crippen LogP contribution is -2.29. The normalized spacial score (nSPS) is 10.2. The van der Waals surface area contributed by atoms with Crippen molar-refractivity contribution in [2.45, 2.75) is 13.0 Å². The van der Waals surface area contributed by atoms with Crippen molar-refractivity contribution in [3.05, 3.63) is 35.7 Å². The van der Waals surface area contributed by atoms with Gasteiger partial charge < -0.3 is 15.2 Å². The van der Waals surface area contributed by atoms with Gasteiger partial charge in [0.25, 0.3) is 0 Å². The molecule has 22 heavy (non-hydrogen) atoms. The number of nitrogens with one attached hydrogen (secondary N) is 1. The zero-order chi connectivity index (χ0) is 15.9. The second-order valence-electron chi connectivity index (χ2n) is 4.44. The Hall–Kier alpha value is -2.97. The van der Waals surface area contributed by atoms with Gasteiger partial charge in [-0.3, -0.25) is 4.79 Å². The van der Waals surface area contributed by atoms with Crippen LogP contribution in [0.25, 0.3) is 0 Å². The molecule has 9 heteroatoms. The molecule has 1 aromatic heterocycles. The number of hydrogen-bond acceptors (Lipinski definition) is 6. The van der Waals surface area contributed by atoms with Gasteiger partial charge >= 0.3 is 5.97 Å². The number of aromatic carboxylic acids is 1. The lowest BCUT2D eigenvalue weighted by molar-refractivity contribution is -0.121. The number of benzene rings is 1. The van der Waals surface area contributed by atoms with Crippen molar-refractivity contribution in [2.24, 2.45) is 0 Å². The van der Waals surface area contributed by atoms with E-state index in [1.807, 2.05) is 0 Å². The molecule has 0 aliphatic rings. The Kier molecular flexibility index (Phi) is 5.02. The van der Waals surface area contributed by atoms with Gasteiger partial charge in [0.05, 0.1) is 12.7 Å². The summed E-state index contributed by atoms with van der Waals surface area (Å²) in [6.45, 7) is 0.436. The van der Waals surface area contributed by atoms with E-state index in [2.05, 4.69) is 20.8 Å². The lowest BCUT2D eigenvalue weighted by atomic mass is 10.1. The van der Waals surface area contributed by atoms with Gasteiger partial charge in [0.1, 0.15) is 18.6 Å². The van der Waals surface area contributed by atoms with Gasteiger partial charge in [-0.15, -0.1) is 5.10 Å². The van der Waals surface area contributed by atoms with Gasteiger partial charge in [-0.05, 0) is 34.5 Å². The molecule has 2 N–H and O–H groups in total. The van der Waals surface area contributed by atoms with Crippen LogP contribution in [-0.2, 0) is 17.8 Å². The largest absolute Gasteiger partial charge is 0.496 e. The number of carboxylic acid groups (broad SMARTS) is 1. The number of nitrogens with zero attached hydrogens (tertiary/aromatic N) is 4. The van der Waals surface area contributed by atoms with Gasteiger partial charge in [-0.1, -0.05) is 6.07 Å². The second-order valence-corrected chi connectivity index (χ2v) is 4.44. The maximum Gasteiger partial charge on any atom is 0.335 e. The van der Waals surface area contributed by atoms with Crippen LogP contribution in [0.15, 0.2) is 24.5 Å². The van der Waals surface area contributed by atoms with Crippen LogP contribution >= 0.6 is 0 Å². The maximum absolute atomic E-state index is 11.7. The van der Waals surface area contributed by atoms with Crippen LogP contribution in [0.2, 0.25) is 0 Å². The number of methoxy groups -OCH3 is 1. The fourth-order valence-electron chi connectivity index (χ4n) is 1.88. The standard InChI is InChI=1S/C13H15N5O4/c1-22-11-6-10(13(20)21)3-2-9(11)4-5-14-12(19)7-18-8-15-16-17-18/h2-3,6,8H,4-5,7H2,1H3,(H,14,19)(H,20,21). The number of carboxylic acids is 1. The molecule has 0 aliphatic carbocycles. The highest BCUT2D eigenvalue weighted by Gasteiger charge is 2.09. The van der Waals surface area contributed by atoms with Crippen LogP contribution < -0.4 is 10.1 Å². The first-order valence-corrected chi connectivity index (χ1v) is 6.48.